The number of benzene rings is 3. The average molecular weight is 374 g/mol. The Morgan fingerprint density at radius 3 is 1.89 bits per heavy atom. The van der Waals surface area contributed by atoms with Crippen molar-refractivity contribution in [3.05, 3.63) is 89.5 Å². The molecule has 3 aromatic rings. The third-order valence-electron chi connectivity index (χ3n) is 4.12. The van der Waals surface area contributed by atoms with E-state index < -0.39 is 17.8 Å². The lowest BCUT2D eigenvalue weighted by molar-refractivity contribution is -0.0790. The fourth-order valence-corrected chi connectivity index (χ4v) is 2.69. The second-order valence-corrected chi connectivity index (χ2v) is 6.17. The van der Waals surface area contributed by atoms with E-state index in [1.165, 1.54) is 24.3 Å². The van der Waals surface area contributed by atoms with Crippen LogP contribution in [0, 0.1) is 18.6 Å². The fraction of sp³-hybridized carbons (Fsp3) is 0.0909. The van der Waals surface area contributed by atoms with Gasteiger partial charge in [-0.15, -0.1) is 0 Å². The van der Waals surface area contributed by atoms with Gasteiger partial charge in [-0.05, 0) is 41.8 Å². The monoisotopic (exact) mass is 374 g/mol. The van der Waals surface area contributed by atoms with Crippen molar-refractivity contribution in [2.75, 3.05) is 0 Å². The predicted molar refractivity (Wildman–Crippen MR) is 97.1 cm³/mol. The first-order chi connectivity index (χ1) is 12.7. The van der Waals surface area contributed by atoms with Crippen LogP contribution in [-0.2, 0) is 0 Å². The molecule has 0 aromatic heterocycles. The molecule has 0 aliphatic carbocycles. The summed E-state index contributed by atoms with van der Waals surface area (Å²) in [5.74, 6) is -1.39. The molecule has 3 rings (SSSR count). The van der Waals surface area contributed by atoms with E-state index in [2.05, 4.69) is 0 Å². The molecule has 0 nitrogen and oxygen atoms in total. The first-order valence-corrected chi connectivity index (χ1v) is 8.15. The molecule has 138 valence electrons. The molecule has 0 unspecified atom stereocenters. The van der Waals surface area contributed by atoms with Gasteiger partial charge in [0.25, 0.3) is 0 Å². The number of aryl methyl sites for hydroxylation is 1. The summed E-state index contributed by atoms with van der Waals surface area (Å²) in [6.45, 7) is 1.95. The minimum Gasteiger partial charge on any atom is -0.206 e. The van der Waals surface area contributed by atoms with Crippen molar-refractivity contribution in [3.63, 3.8) is 0 Å². The lowest BCUT2D eigenvalue weighted by Crippen LogP contribution is -2.00. The zero-order chi connectivity index (χ0) is 19.6. The van der Waals surface area contributed by atoms with Gasteiger partial charge in [-0.1, -0.05) is 54.1 Å². The Balaban J connectivity index is 1.91. The minimum absolute atomic E-state index is 0.0396. The molecule has 0 aliphatic heterocycles. The van der Waals surface area contributed by atoms with E-state index in [1.807, 2.05) is 31.2 Å². The summed E-state index contributed by atoms with van der Waals surface area (Å²) in [5.41, 5.74) is 2.84. The summed E-state index contributed by atoms with van der Waals surface area (Å²) in [6.07, 6.45) is -3.92. The lowest BCUT2D eigenvalue weighted by Gasteiger charge is -2.09. The summed E-state index contributed by atoms with van der Waals surface area (Å²) in [6, 6.07) is 15.8. The molecule has 27 heavy (non-hydrogen) atoms. The first-order valence-electron chi connectivity index (χ1n) is 8.15. The minimum atomic E-state index is -4.52. The summed E-state index contributed by atoms with van der Waals surface area (Å²) in [4.78, 5) is 0. The van der Waals surface area contributed by atoms with Crippen LogP contribution in [0.2, 0.25) is 0 Å². The Morgan fingerprint density at radius 1 is 0.704 bits per heavy atom. The molecule has 0 heterocycles. The standard InChI is InChI=1S/C22H15F5/c1-14-2-4-15(5-3-14)17-8-9-19(21(24)12-17)18-7-6-16(20(23)13-18)10-11-22(25,26)27/h2-13H,1H3. The van der Waals surface area contributed by atoms with Crippen molar-refractivity contribution in [1.29, 1.82) is 0 Å². The topological polar surface area (TPSA) is 0 Å². The largest absolute Gasteiger partial charge is 0.409 e. The van der Waals surface area contributed by atoms with Gasteiger partial charge in [0.05, 0.1) is 0 Å². The third kappa shape index (κ3) is 4.61. The summed E-state index contributed by atoms with van der Waals surface area (Å²) >= 11 is 0. The zero-order valence-electron chi connectivity index (χ0n) is 14.3. The molecule has 0 spiro atoms. The SMILES string of the molecule is Cc1ccc(-c2ccc(-c3ccc(C=CC(F)(F)F)c(F)c3)c(F)c2)cc1. The van der Waals surface area contributed by atoms with Crippen LogP contribution >= 0.6 is 0 Å². The molecule has 0 aliphatic rings. The maximum atomic E-state index is 14.6. The number of allylic oxidation sites excluding steroid dienone is 1. The Bertz CT molecular complexity index is 983. The van der Waals surface area contributed by atoms with Crippen molar-refractivity contribution in [2.45, 2.75) is 13.1 Å². The molecule has 0 amide bonds. The molecule has 0 radical (unpaired) electrons. The number of hydrogen-bond donors (Lipinski definition) is 0. The normalized spacial score (nSPS) is 11.9. The Morgan fingerprint density at radius 2 is 1.30 bits per heavy atom. The number of hydrogen-bond acceptors (Lipinski definition) is 0. The predicted octanol–water partition coefficient (Wildman–Crippen LogP) is 7.18. The van der Waals surface area contributed by atoms with Crippen LogP contribution < -0.4 is 0 Å². The second-order valence-electron chi connectivity index (χ2n) is 6.17. The molecule has 0 fully saturated rings. The van der Waals surface area contributed by atoms with Crippen molar-refractivity contribution < 1.29 is 22.0 Å². The van der Waals surface area contributed by atoms with Crippen LogP contribution in [0.5, 0.6) is 0 Å². The average Bonchev–Trinajstić information content (AvgIpc) is 2.60. The van der Waals surface area contributed by atoms with Gasteiger partial charge in [-0.25, -0.2) is 8.78 Å². The van der Waals surface area contributed by atoms with Crippen LogP contribution in [0.25, 0.3) is 28.3 Å². The van der Waals surface area contributed by atoms with Crippen molar-refractivity contribution >= 4 is 6.08 Å². The van der Waals surface area contributed by atoms with Crippen LogP contribution in [0.15, 0.2) is 66.7 Å². The molecule has 0 N–H and O–H groups in total. The van der Waals surface area contributed by atoms with Crippen LogP contribution in [0.1, 0.15) is 11.1 Å². The Hall–Kier alpha value is -2.95. The lowest BCUT2D eigenvalue weighted by atomic mass is 9.98. The van der Waals surface area contributed by atoms with E-state index in [4.69, 9.17) is 0 Å². The van der Waals surface area contributed by atoms with E-state index in [0.29, 0.717) is 11.6 Å². The summed E-state index contributed by atoms with van der Waals surface area (Å²) in [5, 5.41) is 0. The Kier molecular flexibility index (Phi) is 5.13. The zero-order valence-corrected chi connectivity index (χ0v) is 14.3. The number of halogens is 5. The third-order valence-corrected chi connectivity index (χ3v) is 4.12. The van der Waals surface area contributed by atoms with E-state index >= 15 is 0 Å². The Labute approximate surface area is 153 Å². The highest BCUT2D eigenvalue weighted by Crippen LogP contribution is 2.30. The number of rotatable bonds is 3. The highest BCUT2D eigenvalue weighted by atomic mass is 19.4. The molecule has 0 atom stereocenters. The molecular formula is C22H15F5. The van der Waals surface area contributed by atoms with Crippen LogP contribution in [0.3, 0.4) is 0 Å². The molecular weight excluding hydrogens is 359 g/mol. The molecule has 3 aromatic carbocycles. The van der Waals surface area contributed by atoms with Gasteiger partial charge in [-0.2, -0.15) is 13.2 Å². The molecule has 5 heteroatoms. The fourth-order valence-electron chi connectivity index (χ4n) is 2.69. The van der Waals surface area contributed by atoms with Gasteiger partial charge < -0.3 is 0 Å². The smallest absolute Gasteiger partial charge is 0.206 e. The van der Waals surface area contributed by atoms with Crippen molar-refractivity contribution in [2.24, 2.45) is 0 Å². The molecule has 0 saturated carbocycles. The summed E-state index contributed by atoms with van der Waals surface area (Å²) in [7, 11) is 0. The highest BCUT2D eigenvalue weighted by Gasteiger charge is 2.22. The van der Waals surface area contributed by atoms with Gasteiger partial charge in [-0.3, -0.25) is 0 Å². The van der Waals surface area contributed by atoms with Crippen molar-refractivity contribution in [3.8, 4) is 22.3 Å². The van der Waals surface area contributed by atoms with Crippen molar-refractivity contribution in [1.82, 2.24) is 0 Å². The maximum Gasteiger partial charge on any atom is 0.409 e. The molecule has 0 saturated heterocycles. The van der Waals surface area contributed by atoms with E-state index in [0.717, 1.165) is 17.2 Å². The maximum absolute atomic E-state index is 14.6. The van der Waals surface area contributed by atoms with Crippen LogP contribution in [0.4, 0.5) is 22.0 Å². The first kappa shape index (κ1) is 18.8. The van der Waals surface area contributed by atoms with E-state index in [-0.39, 0.29) is 22.8 Å². The quantitative estimate of drug-likeness (QED) is 0.426. The highest BCUT2D eigenvalue weighted by molar-refractivity contribution is 5.72. The van der Waals surface area contributed by atoms with Gasteiger partial charge in [0.15, 0.2) is 0 Å². The van der Waals surface area contributed by atoms with Gasteiger partial charge in [0, 0.05) is 17.2 Å². The van der Waals surface area contributed by atoms with Crippen LogP contribution in [-0.4, -0.2) is 6.18 Å². The van der Waals surface area contributed by atoms with Gasteiger partial charge in [0.1, 0.15) is 11.6 Å². The van der Waals surface area contributed by atoms with E-state index in [1.54, 1.807) is 6.07 Å². The van der Waals surface area contributed by atoms with Gasteiger partial charge >= 0.3 is 6.18 Å². The number of alkyl halides is 3. The van der Waals surface area contributed by atoms with Gasteiger partial charge in [0.2, 0.25) is 0 Å². The second kappa shape index (κ2) is 7.35. The summed E-state index contributed by atoms with van der Waals surface area (Å²) < 4.78 is 65.3. The molecule has 0 bridgehead atoms. The van der Waals surface area contributed by atoms with E-state index in [9.17, 15) is 22.0 Å².